The van der Waals surface area contributed by atoms with Crippen LogP contribution in [0.15, 0.2) is 18.2 Å². The van der Waals surface area contributed by atoms with Gasteiger partial charge >= 0.3 is 0 Å². The van der Waals surface area contributed by atoms with Gasteiger partial charge in [-0.05, 0) is 31.4 Å². The Bertz CT molecular complexity index is 625. The predicted octanol–water partition coefficient (Wildman–Crippen LogP) is 4.73. The van der Waals surface area contributed by atoms with Crippen LogP contribution in [-0.4, -0.2) is 9.55 Å². The van der Waals surface area contributed by atoms with E-state index in [1.807, 2.05) is 18.2 Å². The Labute approximate surface area is 128 Å². The van der Waals surface area contributed by atoms with E-state index in [-0.39, 0.29) is 0 Å². The van der Waals surface area contributed by atoms with Gasteiger partial charge in [-0.1, -0.05) is 36.2 Å². The first-order valence-electron chi connectivity index (χ1n) is 6.94. The fourth-order valence-corrected chi connectivity index (χ4v) is 3.12. The molecule has 0 unspecified atom stereocenters. The molecule has 0 atom stereocenters. The number of benzene rings is 1. The van der Waals surface area contributed by atoms with E-state index in [1.54, 1.807) is 0 Å². The molecule has 20 heavy (non-hydrogen) atoms. The van der Waals surface area contributed by atoms with Crippen LogP contribution in [0.5, 0.6) is 0 Å². The van der Waals surface area contributed by atoms with Crippen molar-refractivity contribution in [3.05, 3.63) is 34.1 Å². The fraction of sp³-hybridized carbons (Fsp3) is 0.400. The number of halogens is 2. The average molecular weight is 310 g/mol. The van der Waals surface area contributed by atoms with Crippen molar-refractivity contribution in [1.82, 2.24) is 9.55 Å². The third-order valence-corrected chi connectivity index (χ3v) is 4.24. The SMILES string of the molecule is CCCc1nc(-c2c(Cl)cccc2Cl)c(N)n1C1CC1. The molecule has 0 saturated heterocycles. The molecule has 106 valence electrons. The largest absolute Gasteiger partial charge is 0.383 e. The topological polar surface area (TPSA) is 43.8 Å². The van der Waals surface area contributed by atoms with Crippen molar-refractivity contribution in [2.24, 2.45) is 0 Å². The lowest BCUT2D eigenvalue weighted by Gasteiger charge is -2.08. The summed E-state index contributed by atoms with van der Waals surface area (Å²) in [5, 5.41) is 1.18. The maximum Gasteiger partial charge on any atom is 0.132 e. The first kappa shape index (κ1) is 13.8. The zero-order chi connectivity index (χ0) is 14.3. The van der Waals surface area contributed by atoms with Crippen molar-refractivity contribution in [1.29, 1.82) is 0 Å². The first-order valence-corrected chi connectivity index (χ1v) is 7.70. The number of nitrogen functional groups attached to an aromatic ring is 1. The summed E-state index contributed by atoms with van der Waals surface area (Å²) in [4.78, 5) is 4.72. The summed E-state index contributed by atoms with van der Waals surface area (Å²) in [6, 6.07) is 5.96. The van der Waals surface area contributed by atoms with Gasteiger partial charge in [0.2, 0.25) is 0 Å². The highest BCUT2D eigenvalue weighted by Crippen LogP contribution is 2.43. The molecule has 1 heterocycles. The highest BCUT2D eigenvalue weighted by molar-refractivity contribution is 6.39. The second kappa shape index (κ2) is 5.30. The van der Waals surface area contributed by atoms with Crippen LogP contribution in [0.1, 0.15) is 38.1 Å². The molecule has 5 heteroatoms. The minimum Gasteiger partial charge on any atom is -0.383 e. The van der Waals surface area contributed by atoms with Gasteiger partial charge in [0.15, 0.2) is 0 Å². The number of rotatable bonds is 4. The summed E-state index contributed by atoms with van der Waals surface area (Å²) >= 11 is 12.6. The van der Waals surface area contributed by atoms with Gasteiger partial charge in [-0.15, -0.1) is 0 Å². The molecule has 2 N–H and O–H groups in total. The normalized spacial score (nSPS) is 14.8. The number of nitrogens with zero attached hydrogens (tertiary/aromatic N) is 2. The number of imidazole rings is 1. The van der Waals surface area contributed by atoms with Crippen molar-refractivity contribution in [3.8, 4) is 11.3 Å². The molecule has 1 aliphatic carbocycles. The smallest absolute Gasteiger partial charge is 0.132 e. The van der Waals surface area contributed by atoms with Crippen molar-refractivity contribution in [2.75, 3.05) is 5.73 Å². The van der Waals surface area contributed by atoms with Crippen LogP contribution in [0.3, 0.4) is 0 Å². The number of aromatic nitrogens is 2. The molecule has 3 rings (SSSR count). The van der Waals surface area contributed by atoms with Gasteiger partial charge in [-0.25, -0.2) is 4.98 Å². The zero-order valence-electron chi connectivity index (χ0n) is 11.4. The Morgan fingerprint density at radius 3 is 2.50 bits per heavy atom. The summed E-state index contributed by atoms with van der Waals surface area (Å²) in [5.74, 6) is 1.73. The molecular formula is C15H17Cl2N3. The van der Waals surface area contributed by atoms with E-state index in [0.717, 1.165) is 29.9 Å². The summed E-state index contributed by atoms with van der Waals surface area (Å²) in [6.45, 7) is 2.14. The number of aryl methyl sites for hydroxylation is 1. The van der Waals surface area contributed by atoms with Gasteiger partial charge in [0.1, 0.15) is 17.3 Å². The molecule has 0 spiro atoms. The van der Waals surface area contributed by atoms with Crippen LogP contribution in [0, 0.1) is 0 Å². The molecule has 1 aliphatic rings. The maximum atomic E-state index is 6.33. The minimum atomic E-state index is 0.499. The van der Waals surface area contributed by atoms with Crippen LogP contribution in [0.4, 0.5) is 5.82 Å². The van der Waals surface area contributed by atoms with Crippen molar-refractivity contribution in [2.45, 2.75) is 38.6 Å². The number of hydrogen-bond donors (Lipinski definition) is 1. The lowest BCUT2D eigenvalue weighted by atomic mass is 10.1. The first-order chi connectivity index (χ1) is 9.63. The molecule has 0 aliphatic heterocycles. The van der Waals surface area contributed by atoms with E-state index in [9.17, 15) is 0 Å². The van der Waals surface area contributed by atoms with Crippen LogP contribution in [0.25, 0.3) is 11.3 Å². The molecule has 0 amide bonds. The maximum absolute atomic E-state index is 6.33. The van der Waals surface area contributed by atoms with Gasteiger partial charge in [0, 0.05) is 18.0 Å². The van der Waals surface area contributed by atoms with Crippen LogP contribution in [0.2, 0.25) is 10.0 Å². The fourth-order valence-electron chi connectivity index (χ4n) is 2.54. The summed E-state index contributed by atoms with van der Waals surface area (Å²) in [6.07, 6.45) is 4.31. The van der Waals surface area contributed by atoms with E-state index in [2.05, 4.69) is 11.5 Å². The van der Waals surface area contributed by atoms with Crippen LogP contribution >= 0.6 is 23.2 Å². The molecule has 1 aromatic heterocycles. The average Bonchev–Trinajstić information content (AvgIpc) is 3.17. The number of hydrogen-bond acceptors (Lipinski definition) is 2. The lowest BCUT2D eigenvalue weighted by Crippen LogP contribution is -2.05. The van der Waals surface area contributed by atoms with Gasteiger partial charge in [-0.2, -0.15) is 0 Å². The van der Waals surface area contributed by atoms with Gasteiger partial charge in [0.05, 0.1) is 10.0 Å². The van der Waals surface area contributed by atoms with E-state index in [4.69, 9.17) is 33.9 Å². The second-order valence-corrected chi connectivity index (χ2v) is 6.02. The Balaban J connectivity index is 2.17. The molecule has 3 nitrogen and oxygen atoms in total. The standard InChI is InChI=1S/C15H17Cl2N3/c1-2-4-12-19-14(15(18)20(12)9-7-8-9)13-10(16)5-3-6-11(13)17/h3,5-6,9H,2,4,7-8,18H2,1H3. The van der Waals surface area contributed by atoms with Crippen molar-refractivity contribution in [3.63, 3.8) is 0 Å². The number of nitrogens with two attached hydrogens (primary N) is 1. The molecular weight excluding hydrogens is 293 g/mol. The highest BCUT2D eigenvalue weighted by atomic mass is 35.5. The van der Waals surface area contributed by atoms with Gasteiger partial charge in [0.25, 0.3) is 0 Å². The van der Waals surface area contributed by atoms with E-state index < -0.39 is 0 Å². The van der Waals surface area contributed by atoms with Crippen LogP contribution < -0.4 is 5.73 Å². The molecule has 0 bridgehead atoms. The van der Waals surface area contributed by atoms with Gasteiger partial charge < -0.3 is 10.3 Å². The second-order valence-electron chi connectivity index (χ2n) is 5.21. The van der Waals surface area contributed by atoms with E-state index >= 15 is 0 Å². The molecule has 1 aromatic carbocycles. The zero-order valence-corrected chi connectivity index (χ0v) is 12.9. The third kappa shape index (κ3) is 2.29. The lowest BCUT2D eigenvalue weighted by molar-refractivity contribution is 0.676. The Morgan fingerprint density at radius 1 is 1.30 bits per heavy atom. The predicted molar refractivity (Wildman–Crippen MR) is 84.4 cm³/mol. The van der Waals surface area contributed by atoms with Crippen molar-refractivity contribution >= 4 is 29.0 Å². The van der Waals surface area contributed by atoms with E-state index in [1.165, 1.54) is 12.8 Å². The molecule has 2 aromatic rings. The minimum absolute atomic E-state index is 0.499. The van der Waals surface area contributed by atoms with Gasteiger partial charge in [-0.3, -0.25) is 0 Å². The Kier molecular flexibility index (Phi) is 3.65. The quantitative estimate of drug-likeness (QED) is 0.887. The molecule has 1 fully saturated rings. The summed E-state index contributed by atoms with van der Waals surface area (Å²) in [7, 11) is 0. The molecule has 0 radical (unpaired) electrons. The summed E-state index contributed by atoms with van der Waals surface area (Å²) < 4.78 is 2.17. The molecule has 1 saturated carbocycles. The number of anilines is 1. The third-order valence-electron chi connectivity index (χ3n) is 3.61. The van der Waals surface area contributed by atoms with Crippen molar-refractivity contribution < 1.29 is 0 Å². The Hall–Kier alpha value is -1.19. The van der Waals surface area contributed by atoms with E-state index in [0.29, 0.717) is 21.9 Å². The summed E-state index contributed by atoms with van der Waals surface area (Å²) in [5.41, 5.74) is 7.79. The highest BCUT2D eigenvalue weighted by Gasteiger charge is 2.30. The monoisotopic (exact) mass is 309 g/mol. The van der Waals surface area contributed by atoms with Crippen LogP contribution in [-0.2, 0) is 6.42 Å². The Morgan fingerprint density at radius 2 is 1.95 bits per heavy atom.